The number of nitrogens with one attached hydrogen (secondary N) is 1. The molecular formula is C22H25N3O2S. The Morgan fingerprint density at radius 1 is 1.18 bits per heavy atom. The van der Waals surface area contributed by atoms with Crippen LogP contribution in [0.15, 0.2) is 35.4 Å². The van der Waals surface area contributed by atoms with E-state index in [0.717, 1.165) is 36.1 Å². The van der Waals surface area contributed by atoms with Crippen LogP contribution >= 0.6 is 11.3 Å². The second kappa shape index (κ2) is 7.87. The maximum Gasteiger partial charge on any atom is 0.271 e. The van der Waals surface area contributed by atoms with Crippen molar-refractivity contribution in [2.24, 2.45) is 0 Å². The van der Waals surface area contributed by atoms with Gasteiger partial charge in [-0.05, 0) is 32.3 Å². The number of rotatable bonds is 4. The van der Waals surface area contributed by atoms with Crippen LogP contribution in [0.4, 0.5) is 0 Å². The maximum absolute atomic E-state index is 13.0. The molecule has 4 rings (SSSR count). The van der Waals surface area contributed by atoms with E-state index in [0.29, 0.717) is 22.3 Å². The molecule has 0 aliphatic heterocycles. The average molecular weight is 396 g/mol. The number of carbonyl (C=O) groups excluding carboxylic acids is 1. The van der Waals surface area contributed by atoms with E-state index in [2.05, 4.69) is 10.3 Å². The number of thiophene rings is 1. The quantitative estimate of drug-likeness (QED) is 0.707. The molecule has 0 unspecified atom stereocenters. The Bertz CT molecular complexity index is 1060. The lowest BCUT2D eigenvalue weighted by Gasteiger charge is -2.23. The molecule has 1 amide bonds. The number of fused-ring (bicyclic) bond motifs is 1. The minimum atomic E-state index is -0.174. The topological polar surface area (TPSA) is 64.0 Å². The van der Waals surface area contributed by atoms with Gasteiger partial charge in [0, 0.05) is 17.5 Å². The van der Waals surface area contributed by atoms with Crippen molar-refractivity contribution >= 4 is 27.5 Å². The van der Waals surface area contributed by atoms with Crippen LogP contribution < -0.4 is 10.9 Å². The summed E-state index contributed by atoms with van der Waals surface area (Å²) < 4.78 is 2.37. The van der Waals surface area contributed by atoms with E-state index in [1.165, 1.54) is 23.3 Å². The number of amides is 1. The summed E-state index contributed by atoms with van der Waals surface area (Å²) in [6.45, 7) is 4.38. The zero-order valence-corrected chi connectivity index (χ0v) is 17.1. The van der Waals surface area contributed by atoms with Gasteiger partial charge in [0.05, 0.1) is 11.9 Å². The zero-order chi connectivity index (χ0) is 19.7. The van der Waals surface area contributed by atoms with Crippen molar-refractivity contribution in [3.63, 3.8) is 0 Å². The van der Waals surface area contributed by atoms with Gasteiger partial charge in [-0.25, -0.2) is 4.98 Å². The second-order valence-electron chi connectivity index (χ2n) is 7.63. The molecule has 0 saturated heterocycles. The van der Waals surface area contributed by atoms with E-state index in [-0.39, 0.29) is 17.5 Å². The molecule has 5 nitrogen and oxygen atoms in total. The second-order valence-corrected chi connectivity index (χ2v) is 8.85. The summed E-state index contributed by atoms with van der Waals surface area (Å²) >= 11 is 1.38. The third-order valence-corrected chi connectivity index (χ3v) is 6.65. The van der Waals surface area contributed by atoms with Gasteiger partial charge in [-0.3, -0.25) is 14.2 Å². The van der Waals surface area contributed by atoms with E-state index in [1.54, 1.807) is 10.9 Å². The van der Waals surface area contributed by atoms with Gasteiger partial charge in [0.15, 0.2) is 0 Å². The first-order chi connectivity index (χ1) is 13.5. The van der Waals surface area contributed by atoms with Crippen molar-refractivity contribution in [1.82, 2.24) is 14.9 Å². The first kappa shape index (κ1) is 18.9. The van der Waals surface area contributed by atoms with E-state index in [9.17, 15) is 9.59 Å². The molecule has 0 spiro atoms. The molecule has 6 heteroatoms. The first-order valence-corrected chi connectivity index (χ1v) is 10.7. The van der Waals surface area contributed by atoms with Crippen LogP contribution in [0, 0.1) is 13.8 Å². The van der Waals surface area contributed by atoms with Gasteiger partial charge in [0.1, 0.15) is 10.2 Å². The van der Waals surface area contributed by atoms with Crippen LogP contribution in [0.5, 0.6) is 0 Å². The molecule has 3 aromatic rings. The van der Waals surface area contributed by atoms with Gasteiger partial charge in [-0.1, -0.05) is 49.1 Å². The van der Waals surface area contributed by atoms with Crippen molar-refractivity contribution in [3.05, 3.63) is 62.5 Å². The predicted molar refractivity (Wildman–Crippen MR) is 113 cm³/mol. The fourth-order valence-corrected chi connectivity index (χ4v) is 5.00. The van der Waals surface area contributed by atoms with Gasteiger partial charge < -0.3 is 5.32 Å². The Balaban J connectivity index is 1.61. The molecule has 28 heavy (non-hydrogen) atoms. The molecule has 1 aromatic carbocycles. The summed E-state index contributed by atoms with van der Waals surface area (Å²) in [7, 11) is 0. The largest absolute Gasteiger partial charge is 0.348 e. The molecule has 1 aliphatic rings. The van der Waals surface area contributed by atoms with Crippen LogP contribution in [0.25, 0.3) is 10.2 Å². The summed E-state index contributed by atoms with van der Waals surface area (Å²) in [5.74, 6) is -0.174. The molecule has 2 aromatic heterocycles. The predicted octanol–water partition coefficient (Wildman–Crippen LogP) is 4.51. The van der Waals surface area contributed by atoms with Crippen LogP contribution in [0.2, 0.25) is 0 Å². The summed E-state index contributed by atoms with van der Waals surface area (Å²) in [6.07, 6.45) is 7.26. The summed E-state index contributed by atoms with van der Waals surface area (Å²) in [5, 5.41) is 2.97. The van der Waals surface area contributed by atoms with E-state index in [4.69, 9.17) is 0 Å². The molecule has 146 valence electrons. The minimum absolute atomic E-state index is 0.0115. The lowest BCUT2D eigenvalue weighted by atomic mass is 9.95. The molecule has 0 atom stereocenters. The van der Waals surface area contributed by atoms with E-state index >= 15 is 0 Å². The van der Waals surface area contributed by atoms with Gasteiger partial charge >= 0.3 is 0 Å². The number of nitrogens with zero attached hydrogens (tertiary/aromatic N) is 2. The summed E-state index contributed by atoms with van der Waals surface area (Å²) in [5.41, 5.74) is 3.28. The van der Waals surface area contributed by atoms with Crippen LogP contribution in [0.3, 0.4) is 0 Å². The number of benzene rings is 1. The van der Waals surface area contributed by atoms with Crippen molar-refractivity contribution in [2.75, 3.05) is 0 Å². The Labute approximate surface area is 168 Å². The highest BCUT2D eigenvalue weighted by Gasteiger charge is 2.23. The van der Waals surface area contributed by atoms with E-state index in [1.807, 2.05) is 38.1 Å². The third-order valence-electron chi connectivity index (χ3n) is 5.57. The van der Waals surface area contributed by atoms with Crippen LogP contribution in [-0.4, -0.2) is 15.5 Å². The number of aromatic nitrogens is 2. The number of hydrogen-bond acceptors (Lipinski definition) is 4. The minimum Gasteiger partial charge on any atom is -0.348 e. The van der Waals surface area contributed by atoms with Crippen molar-refractivity contribution < 1.29 is 4.79 Å². The maximum atomic E-state index is 13.0. The van der Waals surface area contributed by atoms with Crippen molar-refractivity contribution in [2.45, 2.75) is 58.5 Å². The molecule has 1 N–H and O–H groups in total. The van der Waals surface area contributed by atoms with Crippen molar-refractivity contribution in [1.29, 1.82) is 0 Å². The Morgan fingerprint density at radius 2 is 1.89 bits per heavy atom. The molecule has 0 bridgehead atoms. The Kier molecular flexibility index (Phi) is 5.31. The van der Waals surface area contributed by atoms with Crippen molar-refractivity contribution in [3.8, 4) is 0 Å². The summed E-state index contributed by atoms with van der Waals surface area (Å²) in [4.78, 5) is 31.2. The van der Waals surface area contributed by atoms with Crippen LogP contribution in [-0.2, 0) is 6.54 Å². The highest BCUT2D eigenvalue weighted by molar-refractivity contribution is 7.19. The standard InChI is InChI=1S/C22H25N3O2S/c1-14-8-10-16(11-9-14)12-23-21(26)18-15(2)28-20-19(18)24-13-25(22(20)27)17-6-4-3-5-7-17/h8-11,13,17H,3-7,12H2,1-2H3,(H,23,26). The monoisotopic (exact) mass is 395 g/mol. The molecule has 2 heterocycles. The van der Waals surface area contributed by atoms with Gasteiger partial charge in [-0.15, -0.1) is 11.3 Å². The number of hydrogen-bond donors (Lipinski definition) is 1. The molecule has 1 fully saturated rings. The number of carbonyl (C=O) groups is 1. The lowest BCUT2D eigenvalue weighted by molar-refractivity contribution is 0.0952. The fraction of sp³-hybridized carbons (Fsp3) is 0.409. The molecule has 1 saturated carbocycles. The van der Waals surface area contributed by atoms with Crippen LogP contribution in [0.1, 0.15) is 64.5 Å². The molecule has 1 aliphatic carbocycles. The summed E-state index contributed by atoms with van der Waals surface area (Å²) in [6, 6.07) is 8.31. The SMILES string of the molecule is Cc1ccc(CNC(=O)c2c(C)sc3c(=O)n(C4CCCCC4)cnc23)cc1. The third kappa shape index (κ3) is 3.61. The normalized spacial score (nSPS) is 15.1. The van der Waals surface area contributed by atoms with Gasteiger partial charge in [0.25, 0.3) is 11.5 Å². The molecular weight excluding hydrogens is 370 g/mol. The Hall–Kier alpha value is -2.47. The smallest absolute Gasteiger partial charge is 0.271 e. The zero-order valence-electron chi connectivity index (χ0n) is 16.3. The van der Waals surface area contributed by atoms with Gasteiger partial charge in [0.2, 0.25) is 0 Å². The first-order valence-electron chi connectivity index (χ1n) is 9.88. The average Bonchev–Trinajstić information content (AvgIpc) is 3.05. The van der Waals surface area contributed by atoms with E-state index < -0.39 is 0 Å². The number of aryl methyl sites for hydroxylation is 2. The molecule has 0 radical (unpaired) electrons. The lowest BCUT2D eigenvalue weighted by Crippen LogP contribution is -2.27. The van der Waals surface area contributed by atoms with Gasteiger partial charge in [-0.2, -0.15) is 0 Å². The Morgan fingerprint density at radius 3 is 2.61 bits per heavy atom. The highest BCUT2D eigenvalue weighted by Crippen LogP contribution is 2.30. The highest BCUT2D eigenvalue weighted by atomic mass is 32.1. The fourth-order valence-electron chi connectivity index (χ4n) is 3.95.